The molecule has 0 saturated heterocycles. The van der Waals surface area contributed by atoms with Gasteiger partial charge in [-0.15, -0.1) is 10.2 Å². The fourth-order valence-corrected chi connectivity index (χ4v) is 3.98. The third-order valence-electron chi connectivity index (χ3n) is 5.49. The van der Waals surface area contributed by atoms with Gasteiger partial charge in [-0.25, -0.2) is 4.79 Å². The van der Waals surface area contributed by atoms with Crippen molar-refractivity contribution in [3.8, 4) is 22.5 Å². The molecule has 0 aliphatic heterocycles. The van der Waals surface area contributed by atoms with Crippen LogP contribution in [0.5, 0.6) is 0 Å². The molecule has 4 rings (SSSR count). The van der Waals surface area contributed by atoms with Crippen LogP contribution >= 0.6 is 0 Å². The van der Waals surface area contributed by atoms with E-state index in [-0.39, 0.29) is 11.1 Å². The number of aromatic amines is 1. The first-order valence-corrected chi connectivity index (χ1v) is 11.0. The van der Waals surface area contributed by atoms with Gasteiger partial charge in [0.25, 0.3) is 0 Å². The second kappa shape index (κ2) is 8.57. The van der Waals surface area contributed by atoms with Gasteiger partial charge in [0.05, 0.1) is 6.54 Å². The molecule has 166 valence electrons. The summed E-state index contributed by atoms with van der Waals surface area (Å²) in [7, 11) is 0. The molecule has 0 radical (unpaired) electrons. The van der Waals surface area contributed by atoms with E-state index < -0.39 is 0 Å². The molecule has 0 fully saturated rings. The molecule has 7 nitrogen and oxygen atoms in total. The minimum atomic E-state index is -0.120. The fourth-order valence-electron chi connectivity index (χ4n) is 3.98. The lowest BCUT2D eigenvalue weighted by molar-refractivity contribution is 0.502. The molecule has 0 spiro atoms. The summed E-state index contributed by atoms with van der Waals surface area (Å²) >= 11 is 0. The van der Waals surface area contributed by atoms with Crippen molar-refractivity contribution in [1.29, 1.82) is 0 Å². The molecule has 0 aliphatic rings. The third-order valence-corrected chi connectivity index (χ3v) is 5.49. The van der Waals surface area contributed by atoms with Gasteiger partial charge in [0.15, 0.2) is 0 Å². The summed E-state index contributed by atoms with van der Waals surface area (Å²) in [4.78, 5) is 13.1. The van der Waals surface area contributed by atoms with E-state index in [1.54, 1.807) is 0 Å². The van der Waals surface area contributed by atoms with Crippen molar-refractivity contribution in [3.05, 3.63) is 76.5 Å². The molecule has 0 bridgehead atoms. The van der Waals surface area contributed by atoms with Gasteiger partial charge in [0, 0.05) is 29.4 Å². The van der Waals surface area contributed by atoms with Crippen LogP contribution in [0.25, 0.3) is 22.5 Å². The van der Waals surface area contributed by atoms with Gasteiger partial charge in [-0.05, 0) is 27.8 Å². The van der Waals surface area contributed by atoms with Gasteiger partial charge >= 0.3 is 5.69 Å². The van der Waals surface area contributed by atoms with Crippen LogP contribution in [-0.4, -0.2) is 29.8 Å². The van der Waals surface area contributed by atoms with Crippen LogP contribution in [0.4, 0.5) is 0 Å². The first kappa shape index (κ1) is 21.7. The summed E-state index contributed by atoms with van der Waals surface area (Å²) in [5.41, 5.74) is 5.09. The molecule has 2 heterocycles. The number of benzene rings is 2. The molecular formula is C25H30N6O. The van der Waals surface area contributed by atoms with Gasteiger partial charge < -0.3 is 0 Å². The van der Waals surface area contributed by atoms with Crippen molar-refractivity contribution in [3.63, 3.8) is 0 Å². The lowest BCUT2D eigenvalue weighted by atomic mass is 9.92. The first-order valence-electron chi connectivity index (χ1n) is 11.0. The van der Waals surface area contributed by atoms with E-state index >= 15 is 0 Å². The number of aromatic nitrogens is 6. The highest BCUT2D eigenvalue weighted by Gasteiger charge is 2.23. The summed E-state index contributed by atoms with van der Waals surface area (Å²) in [6.07, 6.45) is 2.03. The zero-order valence-electron chi connectivity index (χ0n) is 19.3. The van der Waals surface area contributed by atoms with E-state index in [0.29, 0.717) is 18.3 Å². The normalized spacial score (nSPS) is 11.9. The monoisotopic (exact) mass is 430 g/mol. The number of H-pyrrole nitrogens is 1. The Hall–Kier alpha value is -3.48. The van der Waals surface area contributed by atoms with E-state index in [2.05, 4.69) is 85.6 Å². The predicted molar refractivity (Wildman–Crippen MR) is 126 cm³/mol. The number of imidazole rings is 1. The van der Waals surface area contributed by atoms with E-state index in [4.69, 9.17) is 0 Å². The van der Waals surface area contributed by atoms with Gasteiger partial charge in [0.2, 0.25) is 5.82 Å². The summed E-state index contributed by atoms with van der Waals surface area (Å²) in [5.74, 6) is 0.979. The maximum atomic E-state index is 13.1. The Labute approximate surface area is 188 Å². The smallest absolute Gasteiger partial charge is 0.299 e. The maximum absolute atomic E-state index is 13.1. The molecule has 0 aliphatic carbocycles. The van der Waals surface area contributed by atoms with E-state index in [0.717, 1.165) is 34.5 Å². The quantitative estimate of drug-likeness (QED) is 0.488. The highest BCUT2D eigenvalue weighted by Crippen LogP contribution is 2.30. The molecule has 0 saturated carbocycles. The van der Waals surface area contributed by atoms with Crippen LogP contribution in [-0.2, 0) is 18.5 Å². The molecule has 0 unspecified atom stereocenters. The van der Waals surface area contributed by atoms with Gasteiger partial charge in [-0.3, -0.25) is 9.13 Å². The van der Waals surface area contributed by atoms with Gasteiger partial charge in [0.1, 0.15) is 0 Å². The number of tetrazole rings is 1. The van der Waals surface area contributed by atoms with Crippen LogP contribution in [0.15, 0.2) is 59.5 Å². The fraction of sp³-hybridized carbons (Fsp3) is 0.360. The Morgan fingerprint density at radius 3 is 2.28 bits per heavy atom. The summed E-state index contributed by atoms with van der Waals surface area (Å²) in [6, 6.07) is 16.3. The first-order chi connectivity index (χ1) is 15.2. The molecule has 4 aromatic rings. The number of hydrogen-bond donors (Lipinski definition) is 1. The molecule has 2 aromatic carbocycles. The number of hydrogen-bond acceptors (Lipinski definition) is 4. The lowest BCUT2D eigenvalue weighted by Gasteiger charge is -2.20. The van der Waals surface area contributed by atoms with Crippen LogP contribution in [0.2, 0.25) is 0 Å². The molecule has 7 heteroatoms. The third kappa shape index (κ3) is 4.42. The average molecular weight is 431 g/mol. The number of rotatable bonds is 6. The Bertz CT molecular complexity index is 1240. The lowest BCUT2D eigenvalue weighted by Crippen LogP contribution is -2.29. The molecule has 2 aromatic heterocycles. The Morgan fingerprint density at radius 2 is 1.69 bits per heavy atom. The van der Waals surface area contributed by atoms with Crippen molar-refractivity contribution in [2.75, 3.05) is 0 Å². The van der Waals surface area contributed by atoms with Crippen LogP contribution in [0.1, 0.15) is 45.9 Å². The summed E-state index contributed by atoms with van der Waals surface area (Å²) < 4.78 is 3.76. The second-order valence-electron chi connectivity index (χ2n) is 9.66. The molecule has 0 amide bonds. The maximum Gasteiger partial charge on any atom is 0.328 e. The summed E-state index contributed by atoms with van der Waals surface area (Å²) in [5, 5.41) is 14.4. The standard InChI is InChI=1S/C25H30N6O/c1-17(2)14-30-16-22(25(3,4)5)31(24(30)32)15-18-10-12-19(13-11-18)20-8-6-7-9-21(20)23-26-28-29-27-23/h6-13,16-17H,14-15H2,1-5H3,(H,26,27,28,29). The Morgan fingerprint density at radius 1 is 1.00 bits per heavy atom. The largest absolute Gasteiger partial charge is 0.328 e. The van der Waals surface area contributed by atoms with Crippen LogP contribution < -0.4 is 5.69 Å². The van der Waals surface area contributed by atoms with Gasteiger partial charge in [-0.1, -0.05) is 83.1 Å². The number of nitrogens with one attached hydrogen (secondary N) is 1. The van der Waals surface area contributed by atoms with E-state index in [9.17, 15) is 4.79 Å². The molecular weight excluding hydrogens is 400 g/mol. The van der Waals surface area contributed by atoms with Gasteiger partial charge in [-0.2, -0.15) is 5.21 Å². The van der Waals surface area contributed by atoms with Crippen molar-refractivity contribution in [2.45, 2.75) is 53.1 Å². The molecule has 1 N–H and O–H groups in total. The average Bonchev–Trinajstić information content (AvgIpc) is 3.38. The van der Waals surface area contributed by atoms with Crippen molar-refractivity contribution >= 4 is 0 Å². The Balaban J connectivity index is 1.66. The van der Waals surface area contributed by atoms with Crippen LogP contribution in [0, 0.1) is 5.92 Å². The number of nitrogens with zero attached hydrogens (tertiary/aromatic N) is 5. The zero-order valence-corrected chi connectivity index (χ0v) is 19.3. The summed E-state index contributed by atoms with van der Waals surface area (Å²) in [6.45, 7) is 12.0. The minimum Gasteiger partial charge on any atom is -0.299 e. The SMILES string of the molecule is CC(C)Cn1cc(C(C)(C)C)n(Cc2ccc(-c3ccccc3-c3nn[nH]n3)cc2)c1=O. The van der Waals surface area contributed by atoms with Crippen LogP contribution in [0.3, 0.4) is 0 Å². The minimum absolute atomic E-state index is 0.0511. The zero-order chi connectivity index (χ0) is 22.9. The molecule has 0 atom stereocenters. The van der Waals surface area contributed by atoms with Crippen molar-refractivity contribution < 1.29 is 0 Å². The van der Waals surface area contributed by atoms with E-state index in [1.165, 1.54) is 0 Å². The second-order valence-corrected chi connectivity index (χ2v) is 9.66. The predicted octanol–water partition coefficient (Wildman–Crippen LogP) is 4.50. The molecule has 32 heavy (non-hydrogen) atoms. The van der Waals surface area contributed by atoms with Crippen molar-refractivity contribution in [2.24, 2.45) is 5.92 Å². The Kier molecular flexibility index (Phi) is 5.82. The topological polar surface area (TPSA) is 81.4 Å². The highest BCUT2D eigenvalue weighted by atomic mass is 16.1. The van der Waals surface area contributed by atoms with E-state index in [1.807, 2.05) is 33.5 Å². The van der Waals surface area contributed by atoms with Crippen molar-refractivity contribution in [1.82, 2.24) is 29.8 Å². The highest BCUT2D eigenvalue weighted by molar-refractivity contribution is 5.80.